The maximum absolute atomic E-state index is 12.5. The molecule has 0 amide bonds. The number of rotatable bonds is 7. The molecule has 2 fully saturated rings. The van der Waals surface area contributed by atoms with E-state index in [1.807, 2.05) is 0 Å². The summed E-state index contributed by atoms with van der Waals surface area (Å²) in [5.41, 5.74) is -10.1. The number of alkyl halides is 15. The van der Waals surface area contributed by atoms with Gasteiger partial charge >= 0.3 is 42.8 Å². The number of halogens is 15. The van der Waals surface area contributed by atoms with Gasteiger partial charge in [-0.3, -0.25) is 9.59 Å². The van der Waals surface area contributed by atoms with Crippen molar-refractivity contribution in [3.63, 3.8) is 0 Å². The number of methoxy groups -OCH3 is 1. The highest BCUT2D eigenvalue weighted by atomic mass is 19.4. The van der Waals surface area contributed by atoms with Crippen LogP contribution in [0.5, 0.6) is 0 Å². The molecular weight excluding hydrogens is 713 g/mol. The molecule has 2 rings (SSSR count). The Morgan fingerprint density at radius 3 is 1.24 bits per heavy atom. The number of hydrogen-bond acceptors (Lipinski definition) is 5. The van der Waals surface area contributed by atoms with Crippen molar-refractivity contribution in [2.45, 2.75) is 129 Å². The van der Waals surface area contributed by atoms with Gasteiger partial charge in [-0.25, -0.2) is 0 Å². The van der Waals surface area contributed by atoms with Gasteiger partial charge in [-0.05, 0) is 70.6 Å². The highest BCUT2D eigenvalue weighted by molar-refractivity contribution is 5.69. The normalized spacial score (nSPS) is 21.2. The van der Waals surface area contributed by atoms with Crippen LogP contribution in [0.15, 0.2) is 0 Å². The van der Waals surface area contributed by atoms with Crippen molar-refractivity contribution < 1.29 is 90.0 Å². The van der Waals surface area contributed by atoms with Crippen molar-refractivity contribution in [1.29, 1.82) is 0 Å². The van der Waals surface area contributed by atoms with Gasteiger partial charge in [0.05, 0.1) is 7.11 Å². The van der Waals surface area contributed by atoms with Crippen LogP contribution >= 0.6 is 0 Å². The van der Waals surface area contributed by atoms with Gasteiger partial charge in [0.2, 0.25) is 0 Å². The predicted molar refractivity (Wildman–Crippen MR) is 145 cm³/mol. The maximum Gasteiger partial charge on any atom is 0.416 e. The molecule has 2 aliphatic rings. The van der Waals surface area contributed by atoms with Crippen LogP contribution in [0.4, 0.5) is 65.9 Å². The zero-order chi connectivity index (χ0) is 39.7. The van der Waals surface area contributed by atoms with Crippen molar-refractivity contribution >= 4 is 11.9 Å². The standard InChI is InChI=1S/C11H17F3O.C8H10F6O2.C6H8F6.C4H8O2/c1-10(15,11(12,13)14)6-9-5-7-2-3-8(9)4-7;1-3-5(15)16-4-6(2,7(9,10)11)8(12,13)14;1-3-4(2,5(7,8)9)6(10,11)12;1-3-4(5)6-2/h7-9,15H,2-6H2,1H3;3-4H2,1-2H3;3H2,1-2H3;3H2,1-2H3. The van der Waals surface area contributed by atoms with Crippen LogP contribution in [-0.2, 0) is 19.1 Å². The fraction of sp³-hybridized carbons (Fsp3) is 0.931. The summed E-state index contributed by atoms with van der Waals surface area (Å²) in [5.74, 6) is -0.122. The SMILES string of the molecule is CC(O)(CC1CC2CCC1C2)C(F)(F)F.CCC(=O)OC.CCC(=O)OCC(C)(C(F)(F)F)C(F)(F)F.CCC(C)(C(F)(F)F)C(F)(F)F. The molecule has 0 heterocycles. The molecule has 0 aromatic rings. The number of ether oxygens (including phenoxy) is 2. The third-order valence-electron chi connectivity index (χ3n) is 8.69. The van der Waals surface area contributed by atoms with Crippen LogP contribution < -0.4 is 0 Å². The summed E-state index contributed by atoms with van der Waals surface area (Å²) in [7, 11) is 1.38. The average Bonchev–Trinajstić information content (AvgIpc) is 3.56. The number of fused-ring (bicyclic) bond motifs is 2. The Morgan fingerprint density at radius 2 is 1.04 bits per heavy atom. The minimum Gasteiger partial charge on any atom is -0.469 e. The van der Waals surface area contributed by atoms with Crippen LogP contribution in [-0.4, -0.2) is 67.2 Å². The Labute approximate surface area is 274 Å². The van der Waals surface area contributed by atoms with Crippen molar-refractivity contribution in [3.05, 3.63) is 0 Å². The van der Waals surface area contributed by atoms with E-state index >= 15 is 0 Å². The highest BCUT2D eigenvalue weighted by Gasteiger charge is 2.68. The summed E-state index contributed by atoms with van der Waals surface area (Å²) >= 11 is 0. The van der Waals surface area contributed by atoms with Gasteiger partial charge < -0.3 is 14.6 Å². The lowest BCUT2D eigenvalue weighted by molar-refractivity contribution is -0.343. The molecule has 0 aromatic heterocycles. The summed E-state index contributed by atoms with van der Waals surface area (Å²) in [6.45, 7) is 3.14. The van der Waals surface area contributed by atoms with Crippen LogP contribution in [0.25, 0.3) is 0 Å². The largest absolute Gasteiger partial charge is 0.469 e. The molecule has 0 saturated heterocycles. The molecule has 4 unspecified atom stereocenters. The molecular formula is C29H43F15O5. The van der Waals surface area contributed by atoms with Crippen LogP contribution in [0, 0.1) is 28.6 Å². The highest BCUT2D eigenvalue weighted by Crippen LogP contribution is 2.53. The van der Waals surface area contributed by atoms with Gasteiger partial charge in [0, 0.05) is 12.8 Å². The van der Waals surface area contributed by atoms with E-state index in [1.165, 1.54) is 20.5 Å². The fourth-order valence-corrected chi connectivity index (χ4v) is 4.61. The van der Waals surface area contributed by atoms with Crippen molar-refractivity contribution in [2.75, 3.05) is 13.7 Å². The quantitative estimate of drug-likeness (QED) is 0.207. The first-order valence-corrected chi connectivity index (χ1v) is 14.9. The molecule has 0 aromatic carbocycles. The first-order chi connectivity index (χ1) is 21.6. The Bertz CT molecular complexity index is 978. The molecule has 49 heavy (non-hydrogen) atoms. The second-order valence-corrected chi connectivity index (χ2v) is 12.4. The topological polar surface area (TPSA) is 72.8 Å². The molecule has 2 bridgehead atoms. The van der Waals surface area contributed by atoms with Crippen LogP contribution in [0.1, 0.15) is 92.9 Å². The van der Waals surface area contributed by atoms with E-state index in [0.29, 0.717) is 18.3 Å². The number of carbonyl (C=O) groups excluding carboxylic acids is 2. The lowest BCUT2D eigenvalue weighted by atomic mass is 9.81. The summed E-state index contributed by atoms with van der Waals surface area (Å²) in [4.78, 5) is 20.5. The van der Waals surface area contributed by atoms with Crippen molar-refractivity contribution in [2.24, 2.45) is 28.6 Å². The van der Waals surface area contributed by atoms with E-state index in [2.05, 4.69) is 9.47 Å². The van der Waals surface area contributed by atoms with E-state index in [0.717, 1.165) is 33.1 Å². The Hall–Kier alpha value is -2.15. The molecule has 0 aliphatic heterocycles. The average molecular weight is 757 g/mol. The number of esters is 2. The van der Waals surface area contributed by atoms with Gasteiger partial charge in [-0.1, -0.05) is 27.2 Å². The zero-order valence-electron chi connectivity index (χ0n) is 27.8. The first kappa shape index (κ1) is 49.0. The van der Waals surface area contributed by atoms with Crippen LogP contribution in [0.2, 0.25) is 0 Å². The van der Waals surface area contributed by atoms with Crippen LogP contribution in [0.3, 0.4) is 0 Å². The lowest BCUT2D eigenvalue weighted by Gasteiger charge is -2.33. The summed E-state index contributed by atoms with van der Waals surface area (Å²) < 4.78 is 190. The first-order valence-electron chi connectivity index (χ1n) is 14.9. The number of carbonyl (C=O) groups is 2. The van der Waals surface area contributed by atoms with Gasteiger partial charge in [0.1, 0.15) is 6.61 Å². The Morgan fingerprint density at radius 1 is 0.633 bits per heavy atom. The van der Waals surface area contributed by atoms with Crippen molar-refractivity contribution in [1.82, 2.24) is 0 Å². The minimum absolute atomic E-state index is 0.0457. The molecule has 0 spiro atoms. The molecule has 20 heteroatoms. The van der Waals surface area contributed by atoms with Gasteiger partial charge in [0.25, 0.3) is 0 Å². The second-order valence-electron chi connectivity index (χ2n) is 12.4. The molecule has 5 nitrogen and oxygen atoms in total. The van der Waals surface area contributed by atoms with E-state index in [-0.39, 0.29) is 38.6 Å². The minimum atomic E-state index is -5.53. The Kier molecular flexibility index (Phi) is 17.9. The fourth-order valence-electron chi connectivity index (χ4n) is 4.61. The number of hydrogen-bond donors (Lipinski definition) is 1. The lowest BCUT2D eigenvalue weighted by Crippen LogP contribution is -2.51. The number of aliphatic hydroxyl groups is 1. The van der Waals surface area contributed by atoms with E-state index < -0.39 is 66.3 Å². The van der Waals surface area contributed by atoms with Gasteiger partial charge in [-0.15, -0.1) is 0 Å². The zero-order valence-corrected chi connectivity index (χ0v) is 27.8. The third-order valence-corrected chi connectivity index (χ3v) is 8.69. The summed E-state index contributed by atoms with van der Waals surface area (Å²) in [6.07, 6.45) is -22.7. The molecule has 2 saturated carbocycles. The van der Waals surface area contributed by atoms with Gasteiger partial charge in [-0.2, -0.15) is 65.9 Å². The van der Waals surface area contributed by atoms with E-state index in [4.69, 9.17) is 0 Å². The second kappa shape index (κ2) is 17.9. The Balaban J connectivity index is 0. The monoisotopic (exact) mass is 756 g/mol. The smallest absolute Gasteiger partial charge is 0.416 e. The predicted octanol–water partition coefficient (Wildman–Crippen LogP) is 10.3. The molecule has 1 N–H and O–H groups in total. The molecule has 294 valence electrons. The third kappa shape index (κ3) is 13.8. The van der Waals surface area contributed by atoms with Crippen molar-refractivity contribution in [3.8, 4) is 0 Å². The molecule has 2 aliphatic carbocycles. The molecule has 0 radical (unpaired) electrons. The van der Waals surface area contributed by atoms with Gasteiger partial charge in [0.15, 0.2) is 16.4 Å². The van der Waals surface area contributed by atoms with E-state index in [9.17, 15) is 80.6 Å². The van der Waals surface area contributed by atoms with E-state index in [1.54, 1.807) is 6.92 Å². The summed E-state index contributed by atoms with van der Waals surface area (Å²) in [5, 5.41) is 9.41. The summed E-state index contributed by atoms with van der Waals surface area (Å²) in [6, 6.07) is 0. The maximum atomic E-state index is 12.5. The molecule has 4 atom stereocenters.